The molecule has 4 nitrogen and oxygen atoms in total. The summed E-state index contributed by atoms with van der Waals surface area (Å²) in [4.78, 5) is 11.9. The van der Waals surface area contributed by atoms with Crippen LogP contribution in [0.2, 0.25) is 0 Å². The number of aryl methyl sites for hydroxylation is 1. The number of amides is 2. The first-order valence-electron chi connectivity index (χ1n) is 7.33. The van der Waals surface area contributed by atoms with Gasteiger partial charge in [-0.15, -0.1) is 0 Å². The van der Waals surface area contributed by atoms with E-state index in [1.54, 1.807) is 7.11 Å². The highest BCUT2D eigenvalue weighted by molar-refractivity contribution is 5.74. The highest BCUT2D eigenvalue weighted by Gasteiger charge is 2.18. The van der Waals surface area contributed by atoms with Crippen molar-refractivity contribution < 1.29 is 9.53 Å². The first-order valence-corrected chi connectivity index (χ1v) is 7.33. The van der Waals surface area contributed by atoms with E-state index in [9.17, 15) is 4.79 Å². The van der Waals surface area contributed by atoms with E-state index in [1.807, 2.05) is 18.2 Å². The van der Waals surface area contributed by atoms with Crippen molar-refractivity contribution in [3.05, 3.63) is 35.4 Å². The summed E-state index contributed by atoms with van der Waals surface area (Å²) < 4.78 is 5.50. The first-order chi connectivity index (χ1) is 9.70. The van der Waals surface area contributed by atoms with Gasteiger partial charge in [0.2, 0.25) is 0 Å². The minimum absolute atomic E-state index is 0.0902. The van der Waals surface area contributed by atoms with Crippen LogP contribution >= 0.6 is 0 Å². The molecule has 2 N–H and O–H groups in total. The van der Waals surface area contributed by atoms with Crippen LogP contribution < -0.4 is 10.6 Å². The number of rotatable bonds is 5. The van der Waals surface area contributed by atoms with Gasteiger partial charge in [0.25, 0.3) is 0 Å². The average Bonchev–Trinajstić information content (AvgIpc) is 2.94. The van der Waals surface area contributed by atoms with Gasteiger partial charge in [0.15, 0.2) is 0 Å². The van der Waals surface area contributed by atoms with Gasteiger partial charge in [0, 0.05) is 19.7 Å². The average molecular weight is 276 g/mol. The fourth-order valence-electron chi connectivity index (χ4n) is 2.76. The van der Waals surface area contributed by atoms with Gasteiger partial charge in [-0.3, -0.25) is 0 Å². The summed E-state index contributed by atoms with van der Waals surface area (Å²) in [7, 11) is 1.67. The molecule has 0 unspecified atom stereocenters. The van der Waals surface area contributed by atoms with E-state index in [0.717, 1.165) is 18.4 Å². The molecule has 1 aromatic rings. The number of carbonyl (C=O) groups is 1. The molecule has 0 spiro atoms. The molecule has 20 heavy (non-hydrogen) atoms. The van der Waals surface area contributed by atoms with Crippen LogP contribution in [-0.4, -0.2) is 25.7 Å². The quantitative estimate of drug-likeness (QED) is 0.868. The third-order valence-corrected chi connectivity index (χ3v) is 3.96. The second-order valence-electron chi connectivity index (χ2n) is 5.42. The smallest absolute Gasteiger partial charge is 0.315 e. The summed E-state index contributed by atoms with van der Waals surface area (Å²) in [5.74, 6) is 0. The van der Waals surface area contributed by atoms with Crippen LogP contribution in [0.1, 0.15) is 42.9 Å². The van der Waals surface area contributed by atoms with Gasteiger partial charge in [-0.1, -0.05) is 37.1 Å². The summed E-state index contributed by atoms with van der Waals surface area (Å²) in [5.41, 5.74) is 2.30. The summed E-state index contributed by atoms with van der Waals surface area (Å²) in [6.45, 7) is 2.54. The topological polar surface area (TPSA) is 50.4 Å². The zero-order chi connectivity index (χ0) is 14.4. The largest absolute Gasteiger partial charge is 0.375 e. The number of urea groups is 1. The number of nitrogens with one attached hydrogen (secondary N) is 2. The van der Waals surface area contributed by atoms with Gasteiger partial charge in [-0.25, -0.2) is 4.79 Å². The lowest BCUT2D eigenvalue weighted by molar-refractivity contribution is 0.103. The molecule has 0 aliphatic heterocycles. The first kappa shape index (κ1) is 14.9. The van der Waals surface area contributed by atoms with Crippen molar-refractivity contribution in [1.29, 1.82) is 0 Å². The van der Waals surface area contributed by atoms with E-state index in [4.69, 9.17) is 4.74 Å². The molecule has 1 aliphatic rings. The van der Waals surface area contributed by atoms with E-state index >= 15 is 0 Å². The minimum Gasteiger partial charge on any atom is -0.375 e. The Morgan fingerprint density at radius 2 is 2.05 bits per heavy atom. The van der Waals surface area contributed by atoms with Crippen LogP contribution in [0.3, 0.4) is 0 Å². The van der Waals surface area contributed by atoms with Crippen molar-refractivity contribution in [2.75, 3.05) is 13.7 Å². The van der Waals surface area contributed by atoms with E-state index in [-0.39, 0.29) is 12.1 Å². The van der Waals surface area contributed by atoms with E-state index in [0.29, 0.717) is 12.6 Å². The minimum atomic E-state index is -0.106. The molecule has 1 aliphatic carbocycles. The maximum Gasteiger partial charge on any atom is 0.315 e. The predicted octanol–water partition coefficient (Wildman–Crippen LogP) is 2.92. The fourth-order valence-corrected chi connectivity index (χ4v) is 2.76. The number of hydrogen-bond acceptors (Lipinski definition) is 2. The third-order valence-electron chi connectivity index (χ3n) is 3.96. The van der Waals surface area contributed by atoms with E-state index < -0.39 is 0 Å². The molecule has 0 aromatic heterocycles. The van der Waals surface area contributed by atoms with Crippen molar-refractivity contribution in [3.63, 3.8) is 0 Å². The van der Waals surface area contributed by atoms with Crippen LogP contribution in [0.25, 0.3) is 0 Å². The zero-order valence-electron chi connectivity index (χ0n) is 12.3. The molecule has 2 rings (SSSR count). The van der Waals surface area contributed by atoms with Crippen LogP contribution in [0.4, 0.5) is 4.79 Å². The highest BCUT2D eigenvalue weighted by Crippen LogP contribution is 2.20. The molecular weight excluding hydrogens is 252 g/mol. The molecule has 0 bridgehead atoms. The lowest BCUT2D eigenvalue weighted by atomic mass is 10.0. The van der Waals surface area contributed by atoms with Crippen molar-refractivity contribution >= 4 is 6.03 Å². The standard InChI is InChI=1S/C16H24N2O2/c1-12-7-3-6-10-14(12)15(20-2)11-17-16(19)18-13-8-4-5-9-13/h3,6-7,10,13,15H,4-5,8-9,11H2,1-2H3,(H2,17,18,19)/t15-/m1/s1. The Bertz CT molecular complexity index is 442. The lowest BCUT2D eigenvalue weighted by Crippen LogP contribution is -2.42. The Hall–Kier alpha value is -1.55. The predicted molar refractivity (Wildman–Crippen MR) is 79.7 cm³/mol. The van der Waals surface area contributed by atoms with Gasteiger partial charge in [0.1, 0.15) is 0 Å². The molecule has 1 atom stereocenters. The number of carbonyl (C=O) groups excluding carboxylic acids is 1. The summed E-state index contributed by atoms with van der Waals surface area (Å²) >= 11 is 0. The van der Waals surface area contributed by atoms with Crippen LogP contribution in [0.5, 0.6) is 0 Å². The maximum atomic E-state index is 11.9. The number of hydrogen-bond donors (Lipinski definition) is 2. The van der Waals surface area contributed by atoms with Gasteiger partial charge in [-0.05, 0) is 30.9 Å². The lowest BCUT2D eigenvalue weighted by Gasteiger charge is -2.19. The van der Waals surface area contributed by atoms with Gasteiger partial charge < -0.3 is 15.4 Å². The van der Waals surface area contributed by atoms with Crippen LogP contribution in [-0.2, 0) is 4.74 Å². The fraction of sp³-hybridized carbons (Fsp3) is 0.562. The SMILES string of the molecule is CO[C@H](CNC(=O)NC1CCCC1)c1ccccc1C. The second-order valence-corrected chi connectivity index (χ2v) is 5.42. The number of benzene rings is 1. The highest BCUT2D eigenvalue weighted by atomic mass is 16.5. The Labute approximate surface area is 120 Å². The van der Waals surface area contributed by atoms with E-state index in [1.165, 1.54) is 18.4 Å². The zero-order valence-corrected chi connectivity index (χ0v) is 12.3. The number of ether oxygens (including phenoxy) is 1. The third kappa shape index (κ3) is 3.97. The summed E-state index contributed by atoms with van der Waals surface area (Å²) in [5, 5.41) is 5.93. The van der Waals surface area contributed by atoms with E-state index in [2.05, 4.69) is 23.6 Å². The molecular formula is C16H24N2O2. The Balaban J connectivity index is 1.84. The second kappa shape index (κ2) is 7.29. The van der Waals surface area contributed by atoms with Crippen LogP contribution in [0.15, 0.2) is 24.3 Å². The van der Waals surface area contributed by atoms with Gasteiger partial charge in [-0.2, -0.15) is 0 Å². The van der Waals surface area contributed by atoms with Gasteiger partial charge in [0.05, 0.1) is 6.10 Å². The normalized spacial score (nSPS) is 16.9. The van der Waals surface area contributed by atoms with Crippen molar-refractivity contribution in [1.82, 2.24) is 10.6 Å². The Morgan fingerprint density at radius 3 is 2.70 bits per heavy atom. The monoisotopic (exact) mass is 276 g/mol. The molecule has 0 saturated heterocycles. The molecule has 4 heteroatoms. The molecule has 0 heterocycles. The van der Waals surface area contributed by atoms with Crippen molar-refractivity contribution in [2.45, 2.75) is 44.8 Å². The maximum absolute atomic E-state index is 11.9. The summed E-state index contributed by atoms with van der Waals surface area (Å²) in [6.07, 6.45) is 4.52. The van der Waals surface area contributed by atoms with Crippen molar-refractivity contribution in [3.8, 4) is 0 Å². The summed E-state index contributed by atoms with van der Waals surface area (Å²) in [6, 6.07) is 8.35. The molecule has 0 radical (unpaired) electrons. The Morgan fingerprint density at radius 1 is 1.35 bits per heavy atom. The molecule has 1 fully saturated rings. The molecule has 2 amide bonds. The van der Waals surface area contributed by atoms with Crippen molar-refractivity contribution in [2.24, 2.45) is 0 Å². The van der Waals surface area contributed by atoms with Crippen LogP contribution in [0, 0.1) is 6.92 Å². The van der Waals surface area contributed by atoms with Gasteiger partial charge >= 0.3 is 6.03 Å². The molecule has 110 valence electrons. The number of methoxy groups -OCH3 is 1. The molecule has 1 aromatic carbocycles. The Kier molecular flexibility index (Phi) is 5.41. The molecule has 1 saturated carbocycles.